The molecule has 0 nitrogen and oxygen atoms in total. The minimum atomic E-state index is -0.282. The molecule has 0 saturated carbocycles. The lowest BCUT2D eigenvalue weighted by Gasteiger charge is -2.06. The van der Waals surface area contributed by atoms with Crippen molar-refractivity contribution in [2.45, 2.75) is 20.3 Å². The van der Waals surface area contributed by atoms with Gasteiger partial charge in [0.05, 0.1) is 8.22 Å². The van der Waals surface area contributed by atoms with Gasteiger partial charge in [-0.25, -0.2) is 0 Å². The van der Waals surface area contributed by atoms with Crippen LogP contribution in [0.3, 0.4) is 0 Å². The van der Waals surface area contributed by atoms with Crippen molar-refractivity contribution in [1.82, 2.24) is 0 Å². The zero-order chi connectivity index (χ0) is 15.6. The highest BCUT2D eigenvalue weighted by atomic mass is 14.2. The molecule has 0 spiro atoms. The Morgan fingerprint density at radius 2 is 1.80 bits per heavy atom. The second-order valence-electron chi connectivity index (χ2n) is 3.88. The summed E-state index contributed by atoms with van der Waals surface area (Å²) in [5.74, 6) is 0. The van der Waals surface area contributed by atoms with Crippen molar-refractivity contribution in [3.8, 4) is 11.1 Å². The van der Waals surface area contributed by atoms with Crippen molar-refractivity contribution >= 4 is 0 Å². The first-order chi connectivity index (χ1) is 9.77. The molecule has 0 aliphatic heterocycles. The molecule has 2 aromatic rings. The molecule has 3 rings (SSSR count). The molecule has 0 unspecified atom stereocenters. The van der Waals surface area contributed by atoms with E-state index in [4.69, 9.17) is 8.22 Å². The van der Waals surface area contributed by atoms with Gasteiger partial charge in [-0.1, -0.05) is 36.3 Å². The van der Waals surface area contributed by atoms with Crippen LogP contribution in [0, 0.1) is 13.8 Å². The van der Waals surface area contributed by atoms with Crippen LogP contribution in [0.4, 0.5) is 0 Å². The summed E-state index contributed by atoms with van der Waals surface area (Å²) in [5.41, 5.74) is 3.94. The van der Waals surface area contributed by atoms with Crippen LogP contribution in [-0.2, 0) is 6.42 Å². The molecule has 0 atom stereocenters. The Labute approximate surface area is 99.0 Å². The van der Waals surface area contributed by atoms with Gasteiger partial charge in [-0.15, -0.1) is 0 Å². The third-order valence-electron chi connectivity index (χ3n) is 3.06. The quantitative estimate of drug-likeness (QED) is 0.516. The van der Waals surface area contributed by atoms with Gasteiger partial charge in [-0.2, -0.15) is 0 Å². The van der Waals surface area contributed by atoms with Crippen LogP contribution in [0.25, 0.3) is 11.1 Å². The van der Waals surface area contributed by atoms with Crippen molar-refractivity contribution in [3.05, 3.63) is 58.5 Å². The third-order valence-corrected chi connectivity index (χ3v) is 3.06. The number of hydrogen-bond donors (Lipinski definition) is 0. The summed E-state index contributed by atoms with van der Waals surface area (Å²) in [6.07, 6.45) is 0.403. The number of rotatable bonds is 0. The maximum Gasteiger partial charge on any atom is 0.0629 e. The zero-order valence-corrected chi connectivity index (χ0v) is 8.71. The van der Waals surface area contributed by atoms with E-state index in [2.05, 4.69) is 0 Å². The van der Waals surface area contributed by atoms with Gasteiger partial charge >= 0.3 is 0 Å². The first kappa shape index (κ1) is 4.52. The summed E-state index contributed by atoms with van der Waals surface area (Å²) in [4.78, 5) is 0. The Balaban J connectivity index is 2.49. The minimum Gasteiger partial charge on any atom is -0.0619 e. The van der Waals surface area contributed by atoms with Gasteiger partial charge in [0.1, 0.15) is 0 Å². The average molecular weight is 200 g/mol. The third kappa shape index (κ3) is 1.14. The van der Waals surface area contributed by atoms with Crippen LogP contribution >= 0.6 is 0 Å². The summed E-state index contributed by atoms with van der Waals surface area (Å²) in [6.45, 7) is 3.68. The number of hydrogen-bond acceptors (Lipinski definition) is 0. The molecule has 0 N–H and O–H groups in total. The molecule has 0 bridgehead atoms. The van der Waals surface area contributed by atoms with Crippen molar-refractivity contribution in [1.29, 1.82) is 0 Å². The fraction of sp³-hybridized carbons (Fsp3) is 0.200. The highest BCUT2D eigenvalue weighted by molar-refractivity contribution is 5.78. The summed E-state index contributed by atoms with van der Waals surface area (Å²) in [6, 6.07) is -0.483. The molecule has 2 aromatic carbocycles. The van der Waals surface area contributed by atoms with Gasteiger partial charge in [-0.05, 0) is 53.6 Å². The SMILES string of the molecule is [2H]c1c([2H])c([2H])c2c(c1[2H])Cc1c(C)c(C)c([2H])c([2H])c1-2. The molecule has 0 fully saturated rings. The lowest BCUT2D eigenvalue weighted by molar-refractivity contribution is 1.19. The van der Waals surface area contributed by atoms with E-state index in [-0.39, 0.29) is 36.3 Å². The molecule has 0 saturated heterocycles. The first-order valence-electron chi connectivity index (χ1n) is 7.96. The molecule has 0 heteroatoms. The highest BCUT2D eigenvalue weighted by Gasteiger charge is 2.19. The Kier molecular flexibility index (Phi) is 0.894. The Hall–Kier alpha value is -1.56. The Morgan fingerprint density at radius 1 is 1.00 bits per heavy atom. The second-order valence-corrected chi connectivity index (χ2v) is 3.88. The van der Waals surface area contributed by atoms with Gasteiger partial charge < -0.3 is 0 Å². The molecule has 1 aliphatic carbocycles. The maximum absolute atomic E-state index is 8.20. The molecular weight excluding hydrogens is 180 g/mol. The standard InChI is InChI=1S/C15H14/c1-10-7-8-14-13-6-4-3-5-12(13)9-15(14)11(10)2/h3-8H,9H2,1-2H3/i3D,4D,5D,6D,7D,8D. The summed E-state index contributed by atoms with van der Waals surface area (Å²) >= 11 is 0. The predicted molar refractivity (Wildman–Crippen MR) is 64.2 cm³/mol. The van der Waals surface area contributed by atoms with Crippen LogP contribution in [0.2, 0.25) is 0 Å². The minimum absolute atomic E-state index is 0.0369. The molecular formula is C15H14. The van der Waals surface area contributed by atoms with Gasteiger partial charge in [0.2, 0.25) is 0 Å². The van der Waals surface area contributed by atoms with Gasteiger partial charge in [0.25, 0.3) is 0 Å². The van der Waals surface area contributed by atoms with Crippen LogP contribution < -0.4 is 0 Å². The maximum atomic E-state index is 8.20. The molecule has 0 heterocycles. The van der Waals surface area contributed by atoms with Gasteiger partial charge in [-0.3, -0.25) is 0 Å². The lowest BCUT2D eigenvalue weighted by atomic mass is 9.98. The number of benzene rings is 2. The summed E-state index contributed by atoms with van der Waals surface area (Å²) in [7, 11) is 0. The van der Waals surface area contributed by atoms with Gasteiger partial charge in [0, 0.05) is 0 Å². The van der Waals surface area contributed by atoms with E-state index in [1.165, 1.54) is 0 Å². The predicted octanol–water partition coefficient (Wildman–Crippen LogP) is 3.87. The fourth-order valence-corrected chi connectivity index (χ4v) is 2.03. The Bertz CT molecular complexity index is 740. The van der Waals surface area contributed by atoms with E-state index < -0.39 is 0 Å². The van der Waals surface area contributed by atoms with Crippen LogP contribution in [0.15, 0.2) is 36.3 Å². The van der Waals surface area contributed by atoms with Crippen molar-refractivity contribution < 1.29 is 8.22 Å². The second kappa shape index (κ2) is 2.96. The fourth-order valence-electron chi connectivity index (χ4n) is 2.03. The summed E-state index contributed by atoms with van der Waals surface area (Å²) in [5, 5.41) is 0. The normalized spacial score (nSPS) is 18.0. The first-order valence-corrected chi connectivity index (χ1v) is 4.96. The molecule has 0 amide bonds. The van der Waals surface area contributed by atoms with Crippen LogP contribution in [-0.4, -0.2) is 0 Å². The van der Waals surface area contributed by atoms with E-state index >= 15 is 0 Å². The zero-order valence-electron chi connectivity index (χ0n) is 14.7. The van der Waals surface area contributed by atoms with Gasteiger partial charge in [0.15, 0.2) is 0 Å². The van der Waals surface area contributed by atoms with E-state index in [1.54, 1.807) is 6.92 Å². The van der Waals surface area contributed by atoms with E-state index in [1.807, 2.05) is 6.92 Å². The molecule has 15 heavy (non-hydrogen) atoms. The van der Waals surface area contributed by atoms with E-state index in [0.29, 0.717) is 23.1 Å². The molecule has 74 valence electrons. The molecule has 0 aromatic heterocycles. The lowest BCUT2D eigenvalue weighted by Crippen LogP contribution is -1.89. The summed E-state index contributed by atoms with van der Waals surface area (Å²) < 4.78 is 48.0. The van der Waals surface area contributed by atoms with Crippen molar-refractivity contribution in [3.63, 3.8) is 0 Å². The average Bonchev–Trinajstić information content (AvgIpc) is 2.87. The number of fused-ring (bicyclic) bond motifs is 3. The van der Waals surface area contributed by atoms with Crippen molar-refractivity contribution in [2.75, 3.05) is 0 Å². The molecule has 1 aliphatic rings. The monoisotopic (exact) mass is 200 g/mol. The topological polar surface area (TPSA) is 0 Å². The smallest absolute Gasteiger partial charge is 0.0619 e. The Morgan fingerprint density at radius 3 is 2.67 bits per heavy atom. The highest BCUT2D eigenvalue weighted by Crippen LogP contribution is 2.38. The van der Waals surface area contributed by atoms with E-state index in [9.17, 15) is 0 Å². The molecule has 0 radical (unpaired) electrons. The van der Waals surface area contributed by atoms with Crippen LogP contribution in [0.1, 0.15) is 30.5 Å². The van der Waals surface area contributed by atoms with Crippen molar-refractivity contribution in [2.24, 2.45) is 0 Å². The largest absolute Gasteiger partial charge is 0.0629 e. The van der Waals surface area contributed by atoms with E-state index in [0.717, 1.165) is 16.7 Å². The van der Waals surface area contributed by atoms with Crippen LogP contribution in [0.5, 0.6) is 0 Å².